The highest BCUT2D eigenvalue weighted by Gasteiger charge is 2.43. The van der Waals surface area contributed by atoms with Crippen LogP contribution in [0.5, 0.6) is 0 Å². The van der Waals surface area contributed by atoms with Crippen molar-refractivity contribution in [3.05, 3.63) is 0 Å². The summed E-state index contributed by atoms with van der Waals surface area (Å²) in [5.41, 5.74) is 0.686. The lowest BCUT2D eigenvalue weighted by molar-refractivity contribution is -0.0924. The maximum absolute atomic E-state index is 6.01. The average molecular weight is 224 g/mol. The van der Waals surface area contributed by atoms with Crippen LogP contribution in [0.2, 0.25) is 0 Å². The van der Waals surface area contributed by atoms with Gasteiger partial charge in [-0.25, -0.2) is 0 Å². The largest absolute Gasteiger partial charge is 0.375 e. The number of ether oxygens (including phenoxy) is 1. The second kappa shape index (κ2) is 4.01. The number of rotatable bonds is 1. The molecule has 0 N–H and O–H groups in total. The lowest BCUT2D eigenvalue weighted by Crippen LogP contribution is -2.37. The Morgan fingerprint density at radius 3 is 2.12 bits per heavy atom. The Labute approximate surface area is 101 Å². The molecule has 2 rings (SSSR count). The molecular weight excluding hydrogens is 196 g/mol. The van der Waals surface area contributed by atoms with E-state index in [2.05, 4.69) is 34.6 Å². The summed E-state index contributed by atoms with van der Waals surface area (Å²) in [5.74, 6) is 2.60. The summed E-state index contributed by atoms with van der Waals surface area (Å²) in [4.78, 5) is 0. The van der Waals surface area contributed by atoms with Crippen molar-refractivity contribution in [3.63, 3.8) is 0 Å². The van der Waals surface area contributed by atoms with Gasteiger partial charge in [-0.3, -0.25) is 0 Å². The summed E-state index contributed by atoms with van der Waals surface area (Å²) in [6.07, 6.45) is 5.43. The van der Waals surface area contributed by atoms with Gasteiger partial charge >= 0.3 is 0 Å². The summed E-state index contributed by atoms with van der Waals surface area (Å²) in [7, 11) is 0. The van der Waals surface area contributed by atoms with Crippen molar-refractivity contribution in [2.24, 2.45) is 23.2 Å². The molecule has 0 aromatic heterocycles. The SMILES string of the molecule is CC1C(C2CCC(C)(C)OC2)CCC1(C)C. The average Bonchev–Trinajstić information content (AvgIpc) is 2.44. The van der Waals surface area contributed by atoms with E-state index in [1.165, 1.54) is 25.7 Å². The quantitative estimate of drug-likeness (QED) is 0.646. The first kappa shape index (κ1) is 12.4. The van der Waals surface area contributed by atoms with Crippen molar-refractivity contribution in [2.75, 3.05) is 6.61 Å². The number of hydrogen-bond acceptors (Lipinski definition) is 1. The van der Waals surface area contributed by atoms with E-state index in [0.717, 1.165) is 24.4 Å². The fourth-order valence-corrected chi connectivity index (χ4v) is 3.60. The Morgan fingerprint density at radius 2 is 1.69 bits per heavy atom. The molecule has 0 radical (unpaired) electrons. The molecule has 3 atom stereocenters. The van der Waals surface area contributed by atoms with Crippen molar-refractivity contribution in [3.8, 4) is 0 Å². The minimum absolute atomic E-state index is 0.133. The van der Waals surface area contributed by atoms with Gasteiger partial charge in [0.05, 0.1) is 12.2 Å². The van der Waals surface area contributed by atoms with Crippen LogP contribution in [0.25, 0.3) is 0 Å². The highest BCUT2D eigenvalue weighted by molar-refractivity contribution is 4.93. The Hall–Kier alpha value is -0.0400. The van der Waals surface area contributed by atoms with E-state index in [-0.39, 0.29) is 5.60 Å². The molecule has 3 unspecified atom stereocenters. The molecule has 0 aromatic rings. The maximum Gasteiger partial charge on any atom is 0.0626 e. The minimum Gasteiger partial charge on any atom is -0.375 e. The Kier molecular flexibility index (Phi) is 3.11. The van der Waals surface area contributed by atoms with Crippen molar-refractivity contribution >= 4 is 0 Å². The van der Waals surface area contributed by atoms with E-state index in [0.29, 0.717) is 5.41 Å². The van der Waals surface area contributed by atoms with Crippen LogP contribution in [0.3, 0.4) is 0 Å². The van der Waals surface area contributed by atoms with Crippen LogP contribution in [0.15, 0.2) is 0 Å². The monoisotopic (exact) mass is 224 g/mol. The molecule has 1 heterocycles. The van der Waals surface area contributed by atoms with Crippen LogP contribution < -0.4 is 0 Å². The second-order valence-corrected chi connectivity index (χ2v) is 7.35. The molecule has 1 aliphatic carbocycles. The van der Waals surface area contributed by atoms with Crippen LogP contribution in [0.1, 0.15) is 60.3 Å². The van der Waals surface area contributed by atoms with Crippen molar-refractivity contribution < 1.29 is 4.74 Å². The van der Waals surface area contributed by atoms with Gasteiger partial charge in [-0.05, 0) is 62.7 Å². The van der Waals surface area contributed by atoms with Gasteiger partial charge in [0, 0.05) is 0 Å². The Morgan fingerprint density at radius 1 is 1.00 bits per heavy atom. The zero-order valence-corrected chi connectivity index (χ0v) is 11.7. The standard InChI is InChI=1S/C15H28O/c1-11-13(7-8-14(11,2)3)12-6-9-15(4,5)16-10-12/h11-13H,6-10H2,1-5H3. The first-order valence-electron chi connectivity index (χ1n) is 6.96. The summed E-state index contributed by atoms with van der Waals surface area (Å²) >= 11 is 0. The molecule has 0 aromatic carbocycles. The van der Waals surface area contributed by atoms with Gasteiger partial charge in [-0.1, -0.05) is 20.8 Å². The molecule has 2 fully saturated rings. The van der Waals surface area contributed by atoms with Crippen LogP contribution in [0, 0.1) is 23.2 Å². The Bertz CT molecular complexity index is 244. The second-order valence-electron chi connectivity index (χ2n) is 7.35. The zero-order valence-electron chi connectivity index (χ0n) is 11.7. The molecule has 1 nitrogen and oxygen atoms in total. The summed E-state index contributed by atoms with van der Waals surface area (Å²) in [6.45, 7) is 12.8. The zero-order chi connectivity index (χ0) is 12.0. The van der Waals surface area contributed by atoms with Gasteiger partial charge in [0.15, 0.2) is 0 Å². The third-order valence-electron chi connectivity index (χ3n) is 5.41. The van der Waals surface area contributed by atoms with E-state index in [1.54, 1.807) is 0 Å². The molecule has 1 saturated carbocycles. The lowest BCUT2D eigenvalue weighted by Gasteiger charge is -2.39. The van der Waals surface area contributed by atoms with Crippen molar-refractivity contribution in [1.82, 2.24) is 0 Å². The third-order valence-corrected chi connectivity index (χ3v) is 5.41. The number of hydrogen-bond donors (Lipinski definition) is 0. The highest BCUT2D eigenvalue weighted by atomic mass is 16.5. The molecular formula is C15H28O. The maximum atomic E-state index is 6.01. The molecule has 0 spiro atoms. The van der Waals surface area contributed by atoms with Crippen molar-refractivity contribution in [2.45, 2.75) is 65.9 Å². The summed E-state index contributed by atoms with van der Waals surface area (Å²) < 4.78 is 6.01. The predicted molar refractivity (Wildman–Crippen MR) is 68.4 cm³/mol. The summed E-state index contributed by atoms with van der Waals surface area (Å²) in [5, 5.41) is 0. The first-order chi connectivity index (χ1) is 7.32. The fraction of sp³-hybridized carbons (Fsp3) is 1.00. The van der Waals surface area contributed by atoms with Crippen molar-refractivity contribution in [1.29, 1.82) is 0 Å². The smallest absolute Gasteiger partial charge is 0.0626 e. The van der Waals surface area contributed by atoms with E-state index in [9.17, 15) is 0 Å². The molecule has 2 aliphatic rings. The molecule has 1 heteroatoms. The topological polar surface area (TPSA) is 9.23 Å². The molecule has 16 heavy (non-hydrogen) atoms. The van der Waals surface area contributed by atoms with E-state index < -0.39 is 0 Å². The van der Waals surface area contributed by atoms with E-state index in [1.807, 2.05) is 0 Å². The van der Waals surface area contributed by atoms with E-state index in [4.69, 9.17) is 4.74 Å². The lowest BCUT2D eigenvalue weighted by atomic mass is 9.73. The van der Waals surface area contributed by atoms with E-state index >= 15 is 0 Å². The molecule has 0 bridgehead atoms. The summed E-state index contributed by atoms with van der Waals surface area (Å²) in [6, 6.07) is 0. The van der Waals surface area contributed by atoms with Gasteiger partial charge in [0.1, 0.15) is 0 Å². The van der Waals surface area contributed by atoms with Gasteiger partial charge < -0.3 is 4.74 Å². The predicted octanol–water partition coefficient (Wildman–Crippen LogP) is 4.26. The molecule has 1 saturated heterocycles. The Balaban J connectivity index is 1.96. The third kappa shape index (κ3) is 2.30. The minimum atomic E-state index is 0.133. The highest BCUT2D eigenvalue weighted by Crippen LogP contribution is 2.51. The normalized spacial score (nSPS) is 42.2. The molecule has 94 valence electrons. The van der Waals surface area contributed by atoms with Gasteiger partial charge in [-0.2, -0.15) is 0 Å². The first-order valence-corrected chi connectivity index (χ1v) is 6.96. The van der Waals surface area contributed by atoms with Crippen LogP contribution in [-0.2, 0) is 4.74 Å². The van der Waals surface area contributed by atoms with Gasteiger partial charge in [0.2, 0.25) is 0 Å². The fourth-order valence-electron chi connectivity index (χ4n) is 3.60. The molecule has 1 aliphatic heterocycles. The van der Waals surface area contributed by atoms with Crippen LogP contribution in [-0.4, -0.2) is 12.2 Å². The van der Waals surface area contributed by atoms with Gasteiger partial charge in [0.25, 0.3) is 0 Å². The van der Waals surface area contributed by atoms with Crippen LogP contribution >= 0.6 is 0 Å². The molecule has 0 amide bonds. The van der Waals surface area contributed by atoms with Gasteiger partial charge in [-0.15, -0.1) is 0 Å². The van der Waals surface area contributed by atoms with Crippen LogP contribution in [0.4, 0.5) is 0 Å².